The average molecular weight is 458 g/mol. The number of carbonyl (C=O) groups is 2. The van der Waals surface area contributed by atoms with E-state index >= 15 is 0 Å². The van der Waals surface area contributed by atoms with Gasteiger partial charge in [-0.1, -0.05) is 11.6 Å². The average Bonchev–Trinajstić information content (AvgIpc) is 2.78. The predicted molar refractivity (Wildman–Crippen MR) is 120 cm³/mol. The highest BCUT2D eigenvalue weighted by molar-refractivity contribution is 6.47. The van der Waals surface area contributed by atoms with E-state index in [4.69, 9.17) is 26.9 Å². The van der Waals surface area contributed by atoms with Gasteiger partial charge in [-0.25, -0.2) is 4.98 Å². The van der Waals surface area contributed by atoms with Crippen molar-refractivity contribution in [2.75, 3.05) is 19.0 Å². The van der Waals surface area contributed by atoms with Crippen LogP contribution in [0.15, 0.2) is 52.4 Å². The number of halogens is 1. The molecule has 1 amide bonds. The van der Waals surface area contributed by atoms with Gasteiger partial charge in [0.1, 0.15) is 17.2 Å². The number of ether oxygens (including phenoxy) is 2. The number of benzene rings is 2. The van der Waals surface area contributed by atoms with Crippen LogP contribution in [-0.4, -0.2) is 41.3 Å². The van der Waals surface area contributed by atoms with Gasteiger partial charge in [0.15, 0.2) is 5.92 Å². The minimum atomic E-state index is -1.56. The lowest BCUT2D eigenvalue weighted by molar-refractivity contribution is -0.141. The van der Waals surface area contributed by atoms with Gasteiger partial charge in [0.25, 0.3) is 11.5 Å². The summed E-state index contributed by atoms with van der Waals surface area (Å²) in [5.41, 5.74) is -0.348. The Morgan fingerprint density at radius 3 is 2.59 bits per heavy atom. The Morgan fingerprint density at radius 1 is 1.25 bits per heavy atom. The predicted octanol–water partition coefficient (Wildman–Crippen LogP) is 2.19. The van der Waals surface area contributed by atoms with Crippen molar-refractivity contribution in [3.63, 3.8) is 0 Å². The first-order valence-corrected chi connectivity index (χ1v) is 9.85. The second-order valence-corrected chi connectivity index (χ2v) is 6.93. The van der Waals surface area contributed by atoms with Crippen molar-refractivity contribution < 1.29 is 19.1 Å². The number of aromatic nitrogens is 2. The number of rotatable bonds is 7. The number of fused-ring (bicyclic) bond motifs is 1. The van der Waals surface area contributed by atoms with Crippen molar-refractivity contribution in [2.24, 2.45) is 10.9 Å². The van der Waals surface area contributed by atoms with E-state index in [0.717, 1.165) is 7.11 Å². The molecule has 0 aliphatic heterocycles. The third kappa shape index (κ3) is 4.86. The summed E-state index contributed by atoms with van der Waals surface area (Å²) in [6.45, 7) is 2.35. The summed E-state index contributed by atoms with van der Waals surface area (Å²) in [5, 5.41) is 6.46. The van der Waals surface area contributed by atoms with Crippen molar-refractivity contribution in [3.05, 3.63) is 63.5 Å². The fraction of sp³-hybridized carbons (Fsp3) is 0.190. The molecule has 11 heteroatoms. The Hall–Kier alpha value is -3.92. The van der Waals surface area contributed by atoms with E-state index in [1.54, 1.807) is 36.4 Å². The number of H-pyrrole nitrogens is 1. The van der Waals surface area contributed by atoms with Gasteiger partial charge >= 0.3 is 5.97 Å². The number of nitrogens with one attached hydrogen (secondary N) is 2. The molecule has 0 fully saturated rings. The number of esters is 1. The number of carbonyl (C=O) groups excluding carboxylic acids is 2. The molecule has 0 aliphatic carbocycles. The zero-order valence-electron chi connectivity index (χ0n) is 17.2. The number of aromatic amines is 1. The van der Waals surface area contributed by atoms with E-state index in [0.29, 0.717) is 34.1 Å². The molecular weight excluding hydrogens is 438 g/mol. The van der Waals surface area contributed by atoms with Crippen molar-refractivity contribution in [2.45, 2.75) is 12.8 Å². The van der Waals surface area contributed by atoms with Gasteiger partial charge in [-0.15, -0.1) is 0 Å². The SMILES string of the molecule is CCOc1ccc(NC(=O)/C(=N/N)[C@H](C(=O)OC)c2nc3ccc(Cl)cc3[nH]c2=O)cc1. The van der Waals surface area contributed by atoms with Crippen LogP contribution in [0.2, 0.25) is 5.02 Å². The minimum absolute atomic E-state index is 0.294. The van der Waals surface area contributed by atoms with Gasteiger partial charge in [0, 0.05) is 10.7 Å². The van der Waals surface area contributed by atoms with Crippen LogP contribution in [0.1, 0.15) is 18.5 Å². The van der Waals surface area contributed by atoms with Gasteiger partial charge < -0.3 is 25.6 Å². The summed E-state index contributed by atoms with van der Waals surface area (Å²) in [6, 6.07) is 11.2. The third-order valence-corrected chi connectivity index (χ3v) is 4.69. The molecule has 1 aromatic heterocycles. The Bertz CT molecular complexity index is 1240. The Morgan fingerprint density at radius 2 is 1.97 bits per heavy atom. The van der Waals surface area contributed by atoms with E-state index in [-0.39, 0.29) is 5.69 Å². The molecule has 10 nitrogen and oxygen atoms in total. The lowest BCUT2D eigenvalue weighted by Crippen LogP contribution is -2.38. The quantitative estimate of drug-likeness (QED) is 0.213. The Labute approximate surface area is 187 Å². The van der Waals surface area contributed by atoms with E-state index in [9.17, 15) is 14.4 Å². The smallest absolute Gasteiger partial charge is 0.321 e. The molecule has 2 aromatic carbocycles. The number of amides is 1. The van der Waals surface area contributed by atoms with Crippen molar-refractivity contribution in [1.82, 2.24) is 9.97 Å². The van der Waals surface area contributed by atoms with Crippen LogP contribution in [0, 0.1) is 0 Å². The molecule has 32 heavy (non-hydrogen) atoms. The summed E-state index contributed by atoms with van der Waals surface area (Å²) >= 11 is 5.94. The molecule has 0 bridgehead atoms. The molecule has 0 aliphatic rings. The normalized spacial score (nSPS) is 12.3. The molecule has 0 unspecified atom stereocenters. The topological polar surface area (TPSA) is 149 Å². The van der Waals surface area contributed by atoms with Gasteiger partial charge in [-0.2, -0.15) is 5.10 Å². The zero-order valence-corrected chi connectivity index (χ0v) is 18.0. The number of methoxy groups -OCH3 is 1. The first-order valence-electron chi connectivity index (χ1n) is 9.47. The molecular formula is C21H20ClN5O5. The molecule has 3 rings (SSSR count). The van der Waals surface area contributed by atoms with Crippen LogP contribution >= 0.6 is 11.6 Å². The minimum Gasteiger partial charge on any atom is -0.494 e. The van der Waals surface area contributed by atoms with E-state index in [2.05, 4.69) is 20.4 Å². The number of hydrogen-bond donors (Lipinski definition) is 3. The summed E-state index contributed by atoms with van der Waals surface area (Å²) in [5.74, 6) is 2.78. The largest absolute Gasteiger partial charge is 0.494 e. The summed E-state index contributed by atoms with van der Waals surface area (Å²) in [4.78, 5) is 45.0. The monoisotopic (exact) mass is 457 g/mol. The number of anilines is 1. The fourth-order valence-electron chi connectivity index (χ4n) is 3.00. The Balaban J connectivity index is 1.98. The fourth-order valence-corrected chi connectivity index (χ4v) is 3.17. The van der Waals surface area contributed by atoms with Crippen LogP contribution in [0.4, 0.5) is 5.69 Å². The van der Waals surface area contributed by atoms with Gasteiger partial charge in [0.05, 0.1) is 24.8 Å². The molecule has 4 N–H and O–H groups in total. The molecule has 0 spiro atoms. The maximum Gasteiger partial charge on any atom is 0.321 e. The molecule has 0 saturated heterocycles. The van der Waals surface area contributed by atoms with Gasteiger partial charge in [-0.05, 0) is 49.4 Å². The summed E-state index contributed by atoms with van der Waals surface area (Å²) in [7, 11) is 1.11. The highest BCUT2D eigenvalue weighted by atomic mass is 35.5. The number of hydrazone groups is 1. The maximum absolute atomic E-state index is 12.9. The molecule has 0 saturated carbocycles. The number of nitrogens with two attached hydrogens (primary N) is 1. The first-order chi connectivity index (χ1) is 15.4. The van der Waals surface area contributed by atoms with Crippen LogP contribution in [0.5, 0.6) is 5.75 Å². The van der Waals surface area contributed by atoms with E-state index < -0.39 is 29.1 Å². The molecule has 1 heterocycles. The lowest BCUT2D eigenvalue weighted by atomic mass is 9.98. The summed E-state index contributed by atoms with van der Waals surface area (Å²) in [6.07, 6.45) is 0. The second kappa shape index (κ2) is 9.92. The van der Waals surface area contributed by atoms with Gasteiger partial charge in [-0.3, -0.25) is 14.4 Å². The zero-order chi connectivity index (χ0) is 23.3. The van der Waals surface area contributed by atoms with Crippen LogP contribution < -0.4 is 21.5 Å². The highest BCUT2D eigenvalue weighted by Crippen LogP contribution is 2.21. The lowest BCUT2D eigenvalue weighted by Gasteiger charge is -2.16. The van der Waals surface area contributed by atoms with Crippen molar-refractivity contribution in [3.8, 4) is 5.75 Å². The first kappa shape index (κ1) is 22.8. The van der Waals surface area contributed by atoms with Crippen molar-refractivity contribution in [1.29, 1.82) is 0 Å². The van der Waals surface area contributed by atoms with Crippen LogP contribution in [0.25, 0.3) is 11.0 Å². The number of hydrogen-bond acceptors (Lipinski definition) is 8. The number of nitrogens with zero attached hydrogens (tertiary/aromatic N) is 2. The molecule has 3 aromatic rings. The van der Waals surface area contributed by atoms with Gasteiger partial charge in [0.2, 0.25) is 0 Å². The maximum atomic E-state index is 12.9. The summed E-state index contributed by atoms with van der Waals surface area (Å²) < 4.78 is 10.2. The third-order valence-electron chi connectivity index (χ3n) is 4.46. The highest BCUT2D eigenvalue weighted by Gasteiger charge is 2.36. The van der Waals surface area contributed by atoms with Crippen LogP contribution in [-0.2, 0) is 14.3 Å². The van der Waals surface area contributed by atoms with E-state index in [1.807, 2.05) is 6.92 Å². The van der Waals surface area contributed by atoms with E-state index in [1.165, 1.54) is 6.07 Å². The molecule has 0 radical (unpaired) electrons. The Kier molecular flexibility index (Phi) is 7.06. The van der Waals surface area contributed by atoms with Crippen LogP contribution in [0.3, 0.4) is 0 Å². The molecule has 166 valence electrons. The van der Waals surface area contributed by atoms with Crippen molar-refractivity contribution >= 4 is 45.9 Å². The molecule has 1 atom stereocenters. The standard InChI is InChI=1S/C21H20ClN5O5/c1-3-32-13-7-5-12(6-8-13)24-20(29)18(27-23)16(21(30)31-2)17-19(28)26-15-10-11(22)4-9-14(15)25-17/h4-10,16H,3,23H2,1-2H3,(H,24,29)(H,26,28)/b27-18+/t16-/m1/s1. The second-order valence-electron chi connectivity index (χ2n) is 6.49.